The van der Waals surface area contributed by atoms with Crippen LogP contribution in [-0.4, -0.2) is 9.97 Å². The molecule has 2 nitrogen and oxygen atoms in total. The molecule has 0 radical (unpaired) electrons. The van der Waals surface area contributed by atoms with Gasteiger partial charge in [-0.2, -0.15) is 0 Å². The summed E-state index contributed by atoms with van der Waals surface area (Å²) < 4.78 is 13.4. The predicted molar refractivity (Wildman–Crippen MR) is 78.8 cm³/mol. The molecule has 0 amide bonds. The van der Waals surface area contributed by atoms with Crippen molar-refractivity contribution in [3.8, 4) is 11.4 Å². The minimum absolute atomic E-state index is 0.259. The van der Waals surface area contributed by atoms with Crippen molar-refractivity contribution in [1.82, 2.24) is 9.97 Å². The highest BCUT2D eigenvalue weighted by molar-refractivity contribution is 9.08. The molecule has 100 valence electrons. The molecular formula is C15H16BrFN2. The molecule has 4 heteroatoms. The van der Waals surface area contributed by atoms with Crippen molar-refractivity contribution >= 4 is 15.9 Å². The number of aromatic nitrogens is 2. The van der Waals surface area contributed by atoms with Gasteiger partial charge in [-0.1, -0.05) is 35.3 Å². The van der Waals surface area contributed by atoms with Crippen molar-refractivity contribution in [1.29, 1.82) is 0 Å². The van der Waals surface area contributed by atoms with E-state index in [0.717, 1.165) is 40.6 Å². The van der Waals surface area contributed by atoms with Crippen LogP contribution >= 0.6 is 15.9 Å². The monoisotopic (exact) mass is 322 g/mol. The molecule has 1 aromatic carbocycles. The van der Waals surface area contributed by atoms with E-state index in [-0.39, 0.29) is 5.82 Å². The summed E-state index contributed by atoms with van der Waals surface area (Å²) in [5.41, 5.74) is 3.88. The Hall–Kier alpha value is -1.29. The second-order valence-electron chi connectivity index (χ2n) is 4.51. The van der Waals surface area contributed by atoms with Gasteiger partial charge in [-0.3, -0.25) is 0 Å². The highest BCUT2D eigenvalue weighted by Crippen LogP contribution is 2.23. The van der Waals surface area contributed by atoms with Crippen LogP contribution in [0.1, 0.15) is 30.2 Å². The SMILES string of the molecule is CCCc1nc(-c2cc(F)ccc2C)ncc1CBr. The summed E-state index contributed by atoms with van der Waals surface area (Å²) in [5.74, 6) is 0.343. The number of nitrogens with zero attached hydrogens (tertiary/aromatic N) is 2. The first kappa shape index (κ1) is 14.1. The largest absolute Gasteiger partial charge is 0.236 e. The van der Waals surface area contributed by atoms with E-state index in [1.165, 1.54) is 12.1 Å². The molecule has 1 aromatic heterocycles. The minimum atomic E-state index is -0.259. The van der Waals surface area contributed by atoms with Gasteiger partial charge < -0.3 is 0 Å². The Labute approximate surface area is 121 Å². The maximum absolute atomic E-state index is 13.4. The number of hydrogen-bond donors (Lipinski definition) is 0. The molecule has 0 bridgehead atoms. The van der Waals surface area contributed by atoms with Gasteiger partial charge in [-0.05, 0) is 31.0 Å². The van der Waals surface area contributed by atoms with Crippen LogP contribution in [0.2, 0.25) is 0 Å². The Morgan fingerprint density at radius 2 is 2.11 bits per heavy atom. The van der Waals surface area contributed by atoms with Crippen molar-refractivity contribution in [2.45, 2.75) is 32.0 Å². The molecule has 19 heavy (non-hydrogen) atoms. The zero-order valence-corrected chi connectivity index (χ0v) is 12.7. The highest BCUT2D eigenvalue weighted by atomic mass is 79.9. The topological polar surface area (TPSA) is 25.8 Å². The molecule has 0 unspecified atom stereocenters. The number of alkyl halides is 1. The van der Waals surface area contributed by atoms with E-state index in [2.05, 4.69) is 32.8 Å². The van der Waals surface area contributed by atoms with Gasteiger partial charge in [-0.25, -0.2) is 14.4 Å². The van der Waals surface area contributed by atoms with Crippen LogP contribution < -0.4 is 0 Å². The lowest BCUT2D eigenvalue weighted by Crippen LogP contribution is -2.01. The van der Waals surface area contributed by atoms with Gasteiger partial charge in [0, 0.05) is 28.3 Å². The smallest absolute Gasteiger partial charge is 0.159 e. The molecule has 0 saturated heterocycles. The predicted octanol–water partition coefficient (Wildman–Crippen LogP) is 4.44. The quantitative estimate of drug-likeness (QED) is 0.778. The van der Waals surface area contributed by atoms with Crippen molar-refractivity contribution in [2.24, 2.45) is 0 Å². The summed E-state index contributed by atoms with van der Waals surface area (Å²) in [4.78, 5) is 8.95. The van der Waals surface area contributed by atoms with Gasteiger partial charge in [0.25, 0.3) is 0 Å². The molecule has 0 spiro atoms. The molecule has 0 aliphatic carbocycles. The number of aryl methyl sites for hydroxylation is 2. The summed E-state index contributed by atoms with van der Waals surface area (Å²) >= 11 is 3.45. The summed E-state index contributed by atoms with van der Waals surface area (Å²) in [6.45, 7) is 4.06. The van der Waals surface area contributed by atoms with E-state index in [9.17, 15) is 4.39 Å². The van der Waals surface area contributed by atoms with Crippen molar-refractivity contribution < 1.29 is 4.39 Å². The summed E-state index contributed by atoms with van der Waals surface area (Å²) in [6, 6.07) is 4.71. The lowest BCUT2D eigenvalue weighted by molar-refractivity contribution is 0.627. The third kappa shape index (κ3) is 3.18. The summed E-state index contributed by atoms with van der Waals surface area (Å²) in [6.07, 6.45) is 3.76. The first-order valence-corrected chi connectivity index (χ1v) is 7.45. The maximum atomic E-state index is 13.4. The molecule has 0 aliphatic rings. The molecule has 0 N–H and O–H groups in total. The fourth-order valence-corrected chi connectivity index (χ4v) is 2.44. The lowest BCUT2D eigenvalue weighted by atomic mass is 10.1. The second-order valence-corrected chi connectivity index (χ2v) is 5.07. The van der Waals surface area contributed by atoms with Crippen LogP contribution in [0.5, 0.6) is 0 Å². The van der Waals surface area contributed by atoms with Gasteiger partial charge in [0.1, 0.15) is 5.82 Å². The third-order valence-corrected chi connectivity index (χ3v) is 3.63. The Balaban J connectivity index is 2.50. The lowest BCUT2D eigenvalue weighted by Gasteiger charge is -2.09. The maximum Gasteiger partial charge on any atom is 0.159 e. The van der Waals surface area contributed by atoms with Crippen molar-refractivity contribution in [3.05, 3.63) is 47.0 Å². The fourth-order valence-electron chi connectivity index (χ4n) is 1.97. The van der Waals surface area contributed by atoms with E-state index in [1.54, 1.807) is 6.07 Å². The first-order chi connectivity index (χ1) is 9.15. The Morgan fingerprint density at radius 1 is 1.32 bits per heavy atom. The molecular weight excluding hydrogens is 307 g/mol. The van der Waals surface area contributed by atoms with E-state index in [0.29, 0.717) is 5.82 Å². The van der Waals surface area contributed by atoms with Crippen molar-refractivity contribution in [3.63, 3.8) is 0 Å². The Kier molecular flexibility index (Phi) is 4.64. The zero-order chi connectivity index (χ0) is 13.8. The second kappa shape index (κ2) is 6.24. The average Bonchev–Trinajstić information content (AvgIpc) is 2.42. The number of hydrogen-bond acceptors (Lipinski definition) is 2. The summed E-state index contributed by atoms with van der Waals surface area (Å²) in [7, 11) is 0. The zero-order valence-electron chi connectivity index (χ0n) is 11.1. The Bertz CT molecular complexity index is 584. The summed E-state index contributed by atoms with van der Waals surface area (Å²) in [5, 5.41) is 0.741. The Morgan fingerprint density at radius 3 is 2.79 bits per heavy atom. The standard InChI is InChI=1S/C15H16BrFN2/c1-3-4-14-11(8-16)9-18-15(19-14)13-7-12(17)6-5-10(13)2/h5-7,9H,3-4,8H2,1-2H3. The van der Waals surface area contributed by atoms with Crippen molar-refractivity contribution in [2.75, 3.05) is 0 Å². The molecule has 0 saturated carbocycles. The van der Waals surface area contributed by atoms with Crippen LogP contribution in [0.25, 0.3) is 11.4 Å². The molecule has 0 atom stereocenters. The number of rotatable bonds is 4. The highest BCUT2D eigenvalue weighted by Gasteiger charge is 2.10. The third-order valence-electron chi connectivity index (χ3n) is 3.03. The van der Waals surface area contributed by atoms with Crippen LogP contribution in [0.15, 0.2) is 24.4 Å². The molecule has 1 heterocycles. The van der Waals surface area contributed by atoms with Crippen LogP contribution in [-0.2, 0) is 11.8 Å². The van der Waals surface area contributed by atoms with E-state index >= 15 is 0 Å². The first-order valence-electron chi connectivity index (χ1n) is 6.33. The average molecular weight is 323 g/mol. The molecule has 0 fully saturated rings. The fraction of sp³-hybridized carbons (Fsp3) is 0.333. The van der Waals surface area contributed by atoms with Gasteiger partial charge in [0.15, 0.2) is 5.82 Å². The minimum Gasteiger partial charge on any atom is -0.236 e. The number of benzene rings is 1. The van der Waals surface area contributed by atoms with Gasteiger partial charge in [0.2, 0.25) is 0 Å². The van der Waals surface area contributed by atoms with Crippen LogP contribution in [0, 0.1) is 12.7 Å². The molecule has 0 aliphatic heterocycles. The normalized spacial score (nSPS) is 10.7. The van der Waals surface area contributed by atoms with Gasteiger partial charge >= 0.3 is 0 Å². The number of halogens is 2. The van der Waals surface area contributed by atoms with E-state index < -0.39 is 0 Å². The van der Waals surface area contributed by atoms with E-state index in [4.69, 9.17) is 0 Å². The van der Waals surface area contributed by atoms with Gasteiger partial charge in [0.05, 0.1) is 0 Å². The van der Waals surface area contributed by atoms with Gasteiger partial charge in [-0.15, -0.1) is 0 Å². The molecule has 2 rings (SSSR count). The van der Waals surface area contributed by atoms with Crippen LogP contribution in [0.4, 0.5) is 4.39 Å². The van der Waals surface area contributed by atoms with Crippen LogP contribution in [0.3, 0.4) is 0 Å². The molecule has 2 aromatic rings. The van der Waals surface area contributed by atoms with E-state index in [1.807, 2.05) is 13.1 Å².